The Kier molecular flexibility index (Phi) is 19.5. The van der Waals surface area contributed by atoms with E-state index in [2.05, 4.69) is 41.8 Å². The molecule has 0 bridgehead atoms. The molecule has 2 unspecified atom stereocenters. The van der Waals surface area contributed by atoms with Crippen LogP contribution >= 0.6 is 0 Å². The van der Waals surface area contributed by atoms with Gasteiger partial charge in [-0.3, -0.25) is 19.1 Å². The van der Waals surface area contributed by atoms with Crippen molar-refractivity contribution in [3.63, 3.8) is 0 Å². The minimum absolute atomic E-state index is 0.181. The van der Waals surface area contributed by atoms with Crippen LogP contribution in [0.1, 0.15) is 47.5 Å². The Morgan fingerprint density at radius 2 is 1.60 bits per heavy atom. The van der Waals surface area contributed by atoms with Gasteiger partial charge in [0.2, 0.25) is 18.2 Å². The largest absolute Gasteiger partial charge is 0.388 e. The van der Waals surface area contributed by atoms with Crippen LogP contribution in [0.2, 0.25) is 0 Å². The predicted octanol–water partition coefficient (Wildman–Crippen LogP) is 4.62. The second-order valence-corrected chi connectivity index (χ2v) is 9.79. The number of anilines is 2. The van der Waals surface area contributed by atoms with Crippen LogP contribution in [-0.2, 0) is 26.2 Å². The van der Waals surface area contributed by atoms with Gasteiger partial charge in [-0.15, -0.1) is 0 Å². The van der Waals surface area contributed by atoms with Gasteiger partial charge in [0.25, 0.3) is 0 Å². The Bertz CT molecular complexity index is 1280. The molecule has 1 fully saturated rings. The number of hydrogen-bond donors (Lipinski definition) is 3. The molecule has 4 rings (SSSR count). The highest BCUT2D eigenvalue weighted by Gasteiger charge is 2.35. The third kappa shape index (κ3) is 14.1. The second kappa shape index (κ2) is 22.0. The summed E-state index contributed by atoms with van der Waals surface area (Å²) in [5.41, 5.74) is 2.02. The topological polar surface area (TPSA) is 149 Å². The van der Waals surface area contributed by atoms with Gasteiger partial charge in [0.15, 0.2) is 5.82 Å². The molecule has 2 atom stereocenters. The van der Waals surface area contributed by atoms with Crippen LogP contribution in [0, 0.1) is 23.2 Å². The smallest absolute Gasteiger partial charge is 0.235 e. The monoisotopic (exact) mass is 593 g/mol. The number of hydrogen-bond acceptors (Lipinski definition) is 7. The molecule has 3 N–H and O–H groups in total. The van der Waals surface area contributed by atoms with E-state index < -0.39 is 24.3 Å². The molecule has 0 aliphatic carbocycles. The number of carbonyl (C=O) groups is 4. The van der Waals surface area contributed by atoms with E-state index in [0.717, 1.165) is 28.8 Å². The van der Waals surface area contributed by atoms with Crippen molar-refractivity contribution in [2.45, 2.75) is 53.5 Å². The van der Waals surface area contributed by atoms with Crippen molar-refractivity contribution in [3.8, 4) is 6.07 Å². The quantitative estimate of drug-likeness (QED) is 0.279. The number of aldehydes is 1. The van der Waals surface area contributed by atoms with Gasteiger partial charge in [-0.25, -0.2) is 0 Å². The molecule has 1 aliphatic heterocycles. The van der Waals surface area contributed by atoms with Gasteiger partial charge >= 0.3 is 0 Å². The van der Waals surface area contributed by atoms with Gasteiger partial charge in [-0.05, 0) is 36.6 Å². The number of benzene rings is 2. The first kappa shape index (κ1) is 38.3. The number of aromatic nitrogens is 2. The minimum Gasteiger partial charge on any atom is -0.388 e. The van der Waals surface area contributed by atoms with Crippen molar-refractivity contribution in [2.24, 2.45) is 18.9 Å². The molecule has 234 valence electrons. The summed E-state index contributed by atoms with van der Waals surface area (Å²) in [5.74, 6) is -0.0925. The molecule has 1 saturated heterocycles. The summed E-state index contributed by atoms with van der Waals surface area (Å²) in [7, 11) is 5.24. The van der Waals surface area contributed by atoms with Crippen LogP contribution in [0.3, 0.4) is 0 Å². The zero-order valence-corrected chi connectivity index (χ0v) is 26.6. The number of nitrogens with one attached hydrogen (secondary N) is 3. The van der Waals surface area contributed by atoms with Crippen LogP contribution < -0.4 is 16.0 Å². The molecule has 43 heavy (non-hydrogen) atoms. The first-order chi connectivity index (χ1) is 20.6. The van der Waals surface area contributed by atoms with Crippen molar-refractivity contribution < 1.29 is 19.2 Å². The molecule has 0 spiro atoms. The summed E-state index contributed by atoms with van der Waals surface area (Å²) in [6.07, 6.45) is 1.30. The van der Waals surface area contributed by atoms with Crippen LogP contribution in [-0.4, -0.2) is 65.9 Å². The van der Waals surface area contributed by atoms with Crippen molar-refractivity contribution in [2.75, 3.05) is 31.3 Å². The van der Waals surface area contributed by atoms with Gasteiger partial charge in [0.05, 0.1) is 11.6 Å². The molecule has 2 heterocycles. The van der Waals surface area contributed by atoms with Gasteiger partial charge < -0.3 is 25.6 Å². The number of para-hydroxylation sites is 2. The maximum atomic E-state index is 12.3. The van der Waals surface area contributed by atoms with E-state index in [1.54, 1.807) is 18.8 Å². The maximum absolute atomic E-state index is 12.3. The van der Waals surface area contributed by atoms with Gasteiger partial charge in [-0.1, -0.05) is 65.0 Å². The Labute approximate surface area is 255 Å². The van der Waals surface area contributed by atoms with Crippen molar-refractivity contribution in [3.05, 3.63) is 54.6 Å². The van der Waals surface area contributed by atoms with E-state index in [0.29, 0.717) is 18.6 Å². The van der Waals surface area contributed by atoms with Gasteiger partial charge in [-0.2, -0.15) is 10.4 Å². The van der Waals surface area contributed by atoms with Gasteiger partial charge in [0.1, 0.15) is 18.7 Å². The summed E-state index contributed by atoms with van der Waals surface area (Å²) in [5, 5.41) is 22.1. The fourth-order valence-electron chi connectivity index (χ4n) is 3.69. The molecule has 11 nitrogen and oxygen atoms in total. The molecule has 0 radical (unpaired) electrons. The zero-order valence-electron chi connectivity index (χ0n) is 26.6. The zero-order chi connectivity index (χ0) is 32.8. The highest BCUT2D eigenvalue weighted by atomic mass is 16.2. The van der Waals surface area contributed by atoms with E-state index in [-0.39, 0.29) is 12.5 Å². The third-order valence-electron chi connectivity index (χ3n) is 5.50. The van der Waals surface area contributed by atoms with E-state index in [9.17, 15) is 14.4 Å². The lowest BCUT2D eigenvalue weighted by molar-refractivity contribution is -0.134. The van der Waals surface area contributed by atoms with Crippen LogP contribution in [0.4, 0.5) is 11.5 Å². The number of amides is 3. The third-order valence-corrected chi connectivity index (χ3v) is 5.50. The minimum atomic E-state index is -0.661. The Morgan fingerprint density at radius 1 is 1.05 bits per heavy atom. The average Bonchev–Trinajstić information content (AvgIpc) is 3.59. The number of fused-ring (bicyclic) bond motifs is 1. The van der Waals surface area contributed by atoms with Crippen molar-refractivity contribution in [1.82, 2.24) is 20.0 Å². The van der Waals surface area contributed by atoms with Crippen LogP contribution in [0.5, 0.6) is 0 Å². The Morgan fingerprint density at radius 3 is 2.09 bits per heavy atom. The fraction of sp³-hybridized carbons (Fsp3) is 0.438. The maximum Gasteiger partial charge on any atom is 0.235 e. The normalized spacial score (nSPS) is 14.5. The molecule has 0 saturated carbocycles. The summed E-state index contributed by atoms with van der Waals surface area (Å²) in [6.45, 7) is 10.7. The molecule has 1 aliphatic rings. The number of rotatable bonds is 6. The van der Waals surface area contributed by atoms with Crippen molar-refractivity contribution >= 4 is 46.9 Å². The number of nitriles is 1. The van der Waals surface area contributed by atoms with E-state index in [1.807, 2.05) is 81.6 Å². The molecular weight excluding hydrogens is 546 g/mol. The van der Waals surface area contributed by atoms with E-state index in [1.165, 1.54) is 4.90 Å². The van der Waals surface area contributed by atoms with E-state index in [4.69, 9.17) is 10.1 Å². The lowest BCUT2D eigenvalue weighted by atomic mass is 10.1. The lowest BCUT2D eigenvalue weighted by Crippen LogP contribution is -2.37. The van der Waals surface area contributed by atoms with Gasteiger partial charge in [0, 0.05) is 44.7 Å². The second-order valence-electron chi connectivity index (χ2n) is 9.79. The SMILES string of the molecule is CC.CC(C)C.CNC=O.CNc1ccccc1.Cn1nc(NC(=O)CC(=O)N2CC(C=O)CC2C#N)c2ccccc21. The highest BCUT2D eigenvalue weighted by Crippen LogP contribution is 2.24. The van der Waals surface area contributed by atoms with Crippen molar-refractivity contribution in [1.29, 1.82) is 5.26 Å². The molecule has 3 amide bonds. The molecule has 1 aromatic heterocycles. The van der Waals surface area contributed by atoms with Crippen LogP contribution in [0.25, 0.3) is 10.9 Å². The number of nitrogens with zero attached hydrogens (tertiary/aromatic N) is 4. The number of likely N-dealkylation sites (tertiary alicyclic amines) is 1. The number of carbonyl (C=O) groups excluding carboxylic acids is 4. The molecular formula is C32H47N7O4. The molecule has 3 aromatic rings. The predicted molar refractivity (Wildman–Crippen MR) is 172 cm³/mol. The standard InChI is InChI=1S/C17H17N5O3.C7H9N.C4H10.C2H5NO.C2H6/c1-21-14-5-3-2-4-13(14)17(20-21)19-15(24)7-16(25)22-9-11(10-23)6-12(22)8-18;1-8-7-5-3-2-4-6-7;1-4(2)3;1-3-2-4;1-2/h2-5,10-12H,6-7,9H2,1H3,(H,19,20,24);2-6,8H,1H3;4H,1-3H3;2H,1H3,(H,3,4);1-2H3. The molecule has 11 heteroatoms. The number of aryl methyl sites for hydroxylation is 1. The Hall–Kier alpha value is -4.72. The average molecular weight is 594 g/mol. The molecule has 2 aromatic carbocycles. The summed E-state index contributed by atoms with van der Waals surface area (Å²) in [4.78, 5) is 45.8. The summed E-state index contributed by atoms with van der Waals surface area (Å²) in [6, 6.07) is 18.8. The lowest BCUT2D eigenvalue weighted by Gasteiger charge is -2.19. The highest BCUT2D eigenvalue weighted by molar-refractivity contribution is 6.06. The summed E-state index contributed by atoms with van der Waals surface area (Å²) < 4.78 is 1.65. The first-order valence-corrected chi connectivity index (χ1v) is 14.3. The summed E-state index contributed by atoms with van der Waals surface area (Å²) >= 11 is 0. The van der Waals surface area contributed by atoms with E-state index >= 15 is 0 Å². The fourth-order valence-corrected chi connectivity index (χ4v) is 3.69. The van der Waals surface area contributed by atoms with Crippen LogP contribution in [0.15, 0.2) is 54.6 Å². The first-order valence-electron chi connectivity index (χ1n) is 14.3. The Balaban J connectivity index is 0.000000801.